The first kappa shape index (κ1) is 17.6. The summed E-state index contributed by atoms with van der Waals surface area (Å²) in [6.07, 6.45) is 1.54. The van der Waals surface area contributed by atoms with Crippen molar-refractivity contribution in [1.82, 2.24) is 0 Å². The lowest BCUT2D eigenvalue weighted by Gasteiger charge is -2.03. The Balaban J connectivity index is 1.93. The van der Waals surface area contributed by atoms with E-state index >= 15 is 0 Å². The molecule has 0 amide bonds. The van der Waals surface area contributed by atoms with E-state index in [4.69, 9.17) is 21.1 Å². The van der Waals surface area contributed by atoms with Crippen molar-refractivity contribution in [2.45, 2.75) is 6.92 Å². The summed E-state index contributed by atoms with van der Waals surface area (Å²) in [7, 11) is 1.51. The molecule has 0 saturated heterocycles. The van der Waals surface area contributed by atoms with Crippen LogP contribution in [0.15, 0.2) is 47.1 Å². The minimum atomic E-state index is -0.608. The number of aliphatic imine (C=N–C) groups is 1. The minimum Gasteiger partial charge on any atom is -0.495 e. The van der Waals surface area contributed by atoms with Crippen LogP contribution in [0.5, 0.6) is 5.75 Å². The molecule has 132 valence electrons. The monoisotopic (exact) mass is 372 g/mol. The second-order valence-corrected chi connectivity index (χ2v) is 5.90. The quantitative estimate of drug-likeness (QED) is 0.351. The van der Waals surface area contributed by atoms with Crippen molar-refractivity contribution >= 4 is 35.2 Å². The van der Waals surface area contributed by atoms with Gasteiger partial charge in [0.2, 0.25) is 5.90 Å². The van der Waals surface area contributed by atoms with Crippen LogP contribution in [0.2, 0.25) is 5.02 Å². The van der Waals surface area contributed by atoms with Gasteiger partial charge in [-0.25, -0.2) is 9.79 Å². The SMILES string of the molecule is COc1ccc(/C=C2\N=C(c3ccc([N+](=O)[O-])c(C)c3)OC2=O)cc1Cl. The Morgan fingerprint density at radius 1 is 1.27 bits per heavy atom. The van der Waals surface area contributed by atoms with E-state index in [0.717, 1.165) is 0 Å². The number of ether oxygens (including phenoxy) is 2. The molecule has 0 atom stereocenters. The zero-order valence-electron chi connectivity index (χ0n) is 13.9. The topological polar surface area (TPSA) is 91.0 Å². The van der Waals surface area contributed by atoms with Gasteiger partial charge in [0.1, 0.15) is 5.75 Å². The number of nitro groups is 1. The zero-order chi connectivity index (χ0) is 18.8. The first-order valence-electron chi connectivity index (χ1n) is 7.50. The van der Waals surface area contributed by atoms with Crippen LogP contribution in [0, 0.1) is 17.0 Å². The second kappa shape index (κ2) is 6.97. The molecule has 0 radical (unpaired) electrons. The van der Waals surface area contributed by atoms with Crippen molar-refractivity contribution in [3.8, 4) is 5.75 Å². The molecular formula is C18H13ClN2O5. The molecule has 0 spiro atoms. The van der Waals surface area contributed by atoms with E-state index in [-0.39, 0.29) is 17.3 Å². The fraction of sp³-hybridized carbons (Fsp3) is 0.111. The second-order valence-electron chi connectivity index (χ2n) is 5.49. The minimum absolute atomic E-state index is 0.0117. The molecule has 1 aliphatic rings. The van der Waals surface area contributed by atoms with Gasteiger partial charge >= 0.3 is 5.97 Å². The summed E-state index contributed by atoms with van der Waals surface area (Å²) in [6, 6.07) is 9.45. The van der Waals surface area contributed by atoms with Crippen molar-refractivity contribution in [3.05, 3.63) is 73.9 Å². The normalized spacial score (nSPS) is 15.0. The summed E-state index contributed by atoms with van der Waals surface area (Å²) in [4.78, 5) is 26.7. The lowest BCUT2D eigenvalue weighted by atomic mass is 10.1. The molecule has 1 aliphatic heterocycles. The standard InChI is InChI=1S/C18H13ClN2O5/c1-10-7-12(4-5-15(10)21(23)24)17-20-14(18(22)26-17)9-11-3-6-16(25-2)13(19)8-11/h3-9H,1-2H3/b14-9-. The number of benzene rings is 2. The molecule has 0 fully saturated rings. The average molecular weight is 373 g/mol. The first-order valence-corrected chi connectivity index (χ1v) is 7.88. The number of aryl methyl sites for hydroxylation is 1. The van der Waals surface area contributed by atoms with E-state index < -0.39 is 10.9 Å². The number of hydrogen-bond donors (Lipinski definition) is 0. The molecule has 0 saturated carbocycles. The molecule has 0 bridgehead atoms. The fourth-order valence-corrected chi connectivity index (χ4v) is 2.72. The number of methoxy groups -OCH3 is 1. The summed E-state index contributed by atoms with van der Waals surface area (Å²) in [5.74, 6) is 0.00941. The summed E-state index contributed by atoms with van der Waals surface area (Å²) in [6.45, 7) is 1.61. The highest BCUT2D eigenvalue weighted by Gasteiger charge is 2.25. The Morgan fingerprint density at radius 2 is 2.04 bits per heavy atom. The predicted octanol–water partition coefficient (Wildman–Crippen LogP) is 3.91. The van der Waals surface area contributed by atoms with Gasteiger partial charge in [-0.3, -0.25) is 10.1 Å². The van der Waals surface area contributed by atoms with Crippen LogP contribution < -0.4 is 4.74 Å². The van der Waals surface area contributed by atoms with Gasteiger partial charge in [0, 0.05) is 17.2 Å². The van der Waals surface area contributed by atoms with Gasteiger partial charge in [-0.2, -0.15) is 0 Å². The summed E-state index contributed by atoms with van der Waals surface area (Å²) in [5, 5.41) is 11.3. The maximum absolute atomic E-state index is 12.1. The number of nitro benzene ring substituents is 1. The van der Waals surface area contributed by atoms with Crippen LogP contribution in [-0.2, 0) is 9.53 Å². The summed E-state index contributed by atoms with van der Waals surface area (Å²) < 4.78 is 10.3. The Labute approximate surface area is 153 Å². The maximum atomic E-state index is 12.1. The number of carbonyl (C=O) groups is 1. The number of nitrogens with zero attached hydrogens (tertiary/aromatic N) is 2. The Kier molecular flexibility index (Phi) is 4.73. The van der Waals surface area contributed by atoms with Crippen LogP contribution in [0.25, 0.3) is 6.08 Å². The third-order valence-corrected chi connectivity index (χ3v) is 4.04. The highest BCUT2D eigenvalue weighted by molar-refractivity contribution is 6.32. The van der Waals surface area contributed by atoms with Crippen LogP contribution in [0.1, 0.15) is 16.7 Å². The van der Waals surface area contributed by atoms with Crippen LogP contribution in [0.4, 0.5) is 5.69 Å². The number of esters is 1. The predicted molar refractivity (Wildman–Crippen MR) is 96.4 cm³/mol. The molecular weight excluding hydrogens is 360 g/mol. The van der Waals surface area contributed by atoms with Crippen LogP contribution >= 0.6 is 11.6 Å². The third kappa shape index (κ3) is 3.43. The number of halogens is 1. The van der Waals surface area contributed by atoms with Gasteiger partial charge < -0.3 is 9.47 Å². The highest BCUT2D eigenvalue weighted by atomic mass is 35.5. The van der Waals surface area contributed by atoms with E-state index in [2.05, 4.69) is 4.99 Å². The van der Waals surface area contributed by atoms with Gasteiger partial charge in [0.25, 0.3) is 5.69 Å². The molecule has 0 aromatic heterocycles. The molecule has 2 aromatic rings. The number of hydrogen-bond acceptors (Lipinski definition) is 6. The largest absolute Gasteiger partial charge is 0.495 e. The van der Waals surface area contributed by atoms with Gasteiger partial charge in [-0.1, -0.05) is 17.7 Å². The van der Waals surface area contributed by atoms with Crippen LogP contribution in [0.3, 0.4) is 0 Å². The third-order valence-electron chi connectivity index (χ3n) is 3.74. The molecule has 26 heavy (non-hydrogen) atoms. The summed E-state index contributed by atoms with van der Waals surface area (Å²) in [5.41, 5.74) is 1.69. The van der Waals surface area contributed by atoms with Gasteiger partial charge in [0.15, 0.2) is 5.70 Å². The van der Waals surface area contributed by atoms with Crippen molar-refractivity contribution in [3.63, 3.8) is 0 Å². The van der Waals surface area contributed by atoms with Crippen molar-refractivity contribution in [1.29, 1.82) is 0 Å². The Morgan fingerprint density at radius 3 is 2.65 bits per heavy atom. The number of cyclic esters (lactones) is 1. The summed E-state index contributed by atoms with van der Waals surface area (Å²) >= 11 is 6.07. The van der Waals surface area contributed by atoms with Crippen molar-refractivity contribution in [2.24, 2.45) is 4.99 Å². The number of carbonyl (C=O) groups excluding carboxylic acids is 1. The molecule has 0 aliphatic carbocycles. The molecule has 3 rings (SSSR count). The maximum Gasteiger partial charge on any atom is 0.363 e. The van der Waals surface area contributed by atoms with Crippen molar-refractivity contribution in [2.75, 3.05) is 7.11 Å². The van der Waals surface area contributed by atoms with E-state index in [9.17, 15) is 14.9 Å². The van der Waals surface area contributed by atoms with E-state index in [1.807, 2.05) is 0 Å². The fourth-order valence-electron chi connectivity index (χ4n) is 2.46. The lowest BCUT2D eigenvalue weighted by Crippen LogP contribution is -2.06. The molecule has 7 nitrogen and oxygen atoms in total. The molecule has 1 heterocycles. The number of rotatable bonds is 4. The smallest absolute Gasteiger partial charge is 0.363 e. The molecule has 2 aromatic carbocycles. The van der Waals surface area contributed by atoms with Gasteiger partial charge in [-0.05, 0) is 42.8 Å². The molecule has 0 unspecified atom stereocenters. The Bertz CT molecular complexity index is 982. The average Bonchev–Trinajstić information content (AvgIpc) is 2.95. The van der Waals surface area contributed by atoms with Crippen molar-refractivity contribution < 1.29 is 19.2 Å². The highest BCUT2D eigenvalue weighted by Crippen LogP contribution is 2.27. The van der Waals surface area contributed by atoms with Crippen LogP contribution in [-0.4, -0.2) is 23.9 Å². The first-order chi connectivity index (χ1) is 12.4. The van der Waals surface area contributed by atoms with Gasteiger partial charge in [0.05, 0.1) is 17.1 Å². The zero-order valence-corrected chi connectivity index (χ0v) is 14.6. The van der Waals surface area contributed by atoms with E-state index in [0.29, 0.717) is 27.5 Å². The van der Waals surface area contributed by atoms with E-state index in [1.165, 1.54) is 19.2 Å². The molecule has 8 heteroatoms. The Hall–Kier alpha value is -3.19. The van der Waals surface area contributed by atoms with E-state index in [1.54, 1.807) is 37.3 Å². The molecule has 0 N–H and O–H groups in total. The van der Waals surface area contributed by atoms with Gasteiger partial charge in [-0.15, -0.1) is 0 Å². The lowest BCUT2D eigenvalue weighted by molar-refractivity contribution is -0.385.